The number of carbonyl (C=O) groups excluding carboxylic acids is 2. The van der Waals surface area contributed by atoms with E-state index >= 15 is 0 Å². The number of hydrogen-bond acceptors (Lipinski definition) is 6. The zero-order valence-corrected chi connectivity index (χ0v) is 15.1. The number of hydrogen-bond donors (Lipinski definition) is 6. The van der Waals surface area contributed by atoms with E-state index in [4.69, 9.17) is 21.2 Å². The van der Waals surface area contributed by atoms with Crippen LogP contribution < -0.4 is 16.5 Å². The van der Waals surface area contributed by atoms with Gasteiger partial charge in [-0.05, 0) is 50.0 Å². The molecule has 1 rings (SSSR count). The lowest BCUT2D eigenvalue weighted by atomic mass is 9.95. The molecule has 0 unspecified atom stereocenters. The summed E-state index contributed by atoms with van der Waals surface area (Å²) >= 11 is 0. The third kappa shape index (κ3) is 7.48. The Morgan fingerprint density at radius 3 is 2.37 bits per heavy atom. The van der Waals surface area contributed by atoms with Crippen molar-refractivity contribution in [2.75, 3.05) is 6.61 Å². The van der Waals surface area contributed by atoms with Crippen molar-refractivity contribution in [1.82, 2.24) is 10.8 Å². The molecule has 0 aliphatic heterocycles. The Balaban J connectivity index is 2.78. The standard InChI is InChI=1S/C19H23N3O5/c1-19(2,20)16(18(26)22-27)21-17(25)14-10-8-13(9-11-14)6-4-3-5-7-15(24)12-23/h8-11,15-16,23-24,27H,7,12,20H2,1-2H3,(H,21,25)(H,22,26)/t15-,16-/m1/s1. The average molecular weight is 373 g/mol. The van der Waals surface area contributed by atoms with Gasteiger partial charge in [-0.2, -0.15) is 0 Å². The van der Waals surface area contributed by atoms with Crippen molar-refractivity contribution in [3.8, 4) is 23.7 Å². The Bertz CT molecular complexity index is 776. The van der Waals surface area contributed by atoms with E-state index in [1.54, 1.807) is 26.0 Å². The quantitative estimate of drug-likeness (QED) is 0.217. The number of rotatable bonds is 6. The molecule has 144 valence electrons. The minimum absolute atomic E-state index is 0.129. The SMILES string of the molecule is CC(C)(N)[C@H](NC(=O)c1ccc(C#CC#CC[C@@H](O)CO)cc1)C(=O)NO. The van der Waals surface area contributed by atoms with Gasteiger partial charge in [-0.3, -0.25) is 14.8 Å². The number of benzene rings is 1. The van der Waals surface area contributed by atoms with E-state index in [2.05, 4.69) is 29.0 Å². The Kier molecular flexibility index (Phi) is 8.46. The molecule has 2 amide bonds. The van der Waals surface area contributed by atoms with Crippen LogP contribution in [0, 0.1) is 23.7 Å². The lowest BCUT2D eigenvalue weighted by molar-refractivity contribution is -0.132. The maximum absolute atomic E-state index is 12.3. The second kappa shape index (κ2) is 10.3. The maximum Gasteiger partial charge on any atom is 0.267 e. The van der Waals surface area contributed by atoms with Crippen molar-refractivity contribution in [3.63, 3.8) is 0 Å². The Morgan fingerprint density at radius 1 is 1.22 bits per heavy atom. The van der Waals surface area contributed by atoms with Crippen molar-refractivity contribution in [2.45, 2.75) is 38.0 Å². The first kappa shape index (κ1) is 22.2. The summed E-state index contributed by atoms with van der Waals surface area (Å²) in [6.07, 6.45) is -0.753. The molecule has 0 heterocycles. The van der Waals surface area contributed by atoms with Gasteiger partial charge in [0.1, 0.15) is 6.04 Å². The second-order valence-corrected chi connectivity index (χ2v) is 6.37. The molecule has 0 fully saturated rings. The minimum Gasteiger partial charge on any atom is -0.394 e. The number of aliphatic hydroxyl groups excluding tert-OH is 2. The molecule has 0 aromatic heterocycles. The summed E-state index contributed by atoms with van der Waals surface area (Å²) in [7, 11) is 0. The van der Waals surface area contributed by atoms with Crippen molar-refractivity contribution in [1.29, 1.82) is 0 Å². The highest BCUT2D eigenvalue weighted by molar-refractivity contribution is 5.97. The minimum atomic E-state index is -1.13. The Morgan fingerprint density at radius 2 is 1.85 bits per heavy atom. The summed E-state index contributed by atoms with van der Waals surface area (Å²) < 4.78 is 0. The molecular weight excluding hydrogens is 350 g/mol. The zero-order valence-electron chi connectivity index (χ0n) is 15.1. The van der Waals surface area contributed by atoms with E-state index in [1.165, 1.54) is 17.6 Å². The van der Waals surface area contributed by atoms with E-state index in [0.29, 0.717) is 5.56 Å². The number of aliphatic hydroxyl groups is 2. The Hall–Kier alpha value is -2.88. The molecule has 7 N–H and O–H groups in total. The summed E-state index contributed by atoms with van der Waals surface area (Å²) in [5.74, 6) is 9.21. The van der Waals surface area contributed by atoms with Gasteiger partial charge < -0.3 is 21.3 Å². The molecule has 0 saturated heterocycles. The van der Waals surface area contributed by atoms with Gasteiger partial charge in [-0.15, -0.1) is 0 Å². The van der Waals surface area contributed by atoms with Gasteiger partial charge in [-0.25, -0.2) is 5.48 Å². The smallest absolute Gasteiger partial charge is 0.267 e. The fourth-order valence-corrected chi connectivity index (χ4v) is 1.95. The number of carbonyl (C=O) groups is 2. The normalized spacial score (nSPS) is 12.5. The van der Waals surface area contributed by atoms with Crippen LogP contribution in [-0.2, 0) is 4.79 Å². The summed E-state index contributed by atoms with van der Waals surface area (Å²) in [5.41, 5.74) is 7.17. The lowest BCUT2D eigenvalue weighted by Gasteiger charge is -2.29. The van der Waals surface area contributed by atoms with Gasteiger partial charge in [-0.1, -0.05) is 11.8 Å². The number of nitrogens with two attached hydrogens (primary N) is 1. The highest BCUT2D eigenvalue weighted by Gasteiger charge is 2.33. The van der Waals surface area contributed by atoms with Gasteiger partial charge >= 0.3 is 0 Å². The third-order valence-electron chi connectivity index (χ3n) is 3.45. The largest absolute Gasteiger partial charge is 0.394 e. The van der Waals surface area contributed by atoms with Gasteiger partial charge in [0.05, 0.1) is 12.7 Å². The molecule has 0 radical (unpaired) electrons. The lowest BCUT2D eigenvalue weighted by Crippen LogP contribution is -2.61. The monoisotopic (exact) mass is 373 g/mol. The van der Waals surface area contributed by atoms with Crippen LogP contribution in [0.2, 0.25) is 0 Å². The van der Waals surface area contributed by atoms with Crippen molar-refractivity contribution >= 4 is 11.8 Å². The average Bonchev–Trinajstić information content (AvgIpc) is 2.64. The molecule has 0 spiro atoms. The van der Waals surface area contributed by atoms with Gasteiger partial charge in [0.15, 0.2) is 0 Å². The molecule has 0 bridgehead atoms. The summed E-state index contributed by atoms with van der Waals surface area (Å²) in [4.78, 5) is 24.0. The summed E-state index contributed by atoms with van der Waals surface area (Å²) in [6.45, 7) is 2.74. The van der Waals surface area contributed by atoms with E-state index in [-0.39, 0.29) is 18.6 Å². The van der Waals surface area contributed by atoms with Crippen LogP contribution in [0.4, 0.5) is 0 Å². The molecule has 27 heavy (non-hydrogen) atoms. The van der Waals surface area contributed by atoms with Crippen LogP contribution in [0.15, 0.2) is 24.3 Å². The summed E-state index contributed by atoms with van der Waals surface area (Å²) in [6, 6.07) is 5.15. The molecule has 0 saturated carbocycles. The second-order valence-electron chi connectivity index (χ2n) is 6.37. The van der Waals surface area contributed by atoms with Crippen LogP contribution in [0.1, 0.15) is 36.2 Å². The molecule has 8 nitrogen and oxygen atoms in total. The topological polar surface area (TPSA) is 145 Å². The van der Waals surface area contributed by atoms with Crippen LogP contribution in [0.25, 0.3) is 0 Å². The van der Waals surface area contributed by atoms with Crippen molar-refractivity contribution in [2.24, 2.45) is 5.73 Å². The van der Waals surface area contributed by atoms with E-state index in [1.807, 2.05) is 0 Å². The first-order valence-electron chi connectivity index (χ1n) is 8.10. The van der Waals surface area contributed by atoms with Crippen LogP contribution >= 0.6 is 0 Å². The van der Waals surface area contributed by atoms with Crippen LogP contribution in [0.3, 0.4) is 0 Å². The van der Waals surface area contributed by atoms with Gasteiger partial charge in [0.2, 0.25) is 0 Å². The zero-order chi connectivity index (χ0) is 20.4. The van der Waals surface area contributed by atoms with E-state index < -0.39 is 29.5 Å². The Labute approximate surface area is 157 Å². The number of amides is 2. The third-order valence-corrected chi connectivity index (χ3v) is 3.45. The fraction of sp³-hybridized carbons (Fsp3) is 0.368. The molecule has 2 atom stereocenters. The van der Waals surface area contributed by atoms with Crippen LogP contribution in [-0.4, -0.2) is 51.5 Å². The predicted octanol–water partition coefficient (Wildman–Crippen LogP) is -0.874. The number of hydroxylamine groups is 1. The molecule has 1 aromatic rings. The fourth-order valence-electron chi connectivity index (χ4n) is 1.95. The highest BCUT2D eigenvalue weighted by atomic mass is 16.5. The molecular formula is C19H23N3O5. The molecule has 0 aliphatic carbocycles. The van der Waals surface area contributed by atoms with E-state index in [0.717, 1.165) is 0 Å². The first-order chi connectivity index (χ1) is 12.7. The first-order valence-corrected chi connectivity index (χ1v) is 8.10. The molecule has 8 heteroatoms. The highest BCUT2D eigenvalue weighted by Crippen LogP contribution is 2.08. The van der Waals surface area contributed by atoms with Crippen molar-refractivity contribution < 1.29 is 25.0 Å². The van der Waals surface area contributed by atoms with Crippen LogP contribution in [0.5, 0.6) is 0 Å². The summed E-state index contributed by atoms with van der Waals surface area (Å²) in [5, 5.41) is 29.1. The number of nitrogens with one attached hydrogen (secondary N) is 2. The van der Waals surface area contributed by atoms with Gasteiger partial charge in [0.25, 0.3) is 11.8 Å². The predicted molar refractivity (Wildman–Crippen MR) is 98.3 cm³/mol. The van der Waals surface area contributed by atoms with E-state index in [9.17, 15) is 9.59 Å². The van der Waals surface area contributed by atoms with Crippen molar-refractivity contribution in [3.05, 3.63) is 35.4 Å². The molecule has 1 aromatic carbocycles. The maximum atomic E-state index is 12.3. The molecule has 0 aliphatic rings. The van der Waals surface area contributed by atoms with Gasteiger partial charge in [0, 0.05) is 23.1 Å².